The maximum absolute atomic E-state index is 14.5. The second-order valence-corrected chi connectivity index (χ2v) is 17.2. The van der Waals surface area contributed by atoms with Crippen LogP contribution in [0.4, 0.5) is 9.59 Å². The summed E-state index contributed by atoms with van der Waals surface area (Å²) in [4.78, 5) is 69.3. The average molecular weight is 840 g/mol. The number of phenolic OH excluding ortho intramolecular Hbond substituents is 1. The molecule has 1 aliphatic heterocycles. The molecule has 5 N–H and O–H groups in total. The van der Waals surface area contributed by atoms with Crippen molar-refractivity contribution < 1.29 is 38.6 Å². The zero-order valence-corrected chi connectivity index (χ0v) is 36.8. The third-order valence-electron chi connectivity index (χ3n) is 10.4. The molecule has 1 saturated heterocycles. The Bertz CT molecular complexity index is 1920. The molecule has 61 heavy (non-hydrogen) atoms. The van der Waals surface area contributed by atoms with Crippen molar-refractivity contribution in [2.75, 3.05) is 13.1 Å². The minimum atomic E-state index is -0.972. The molecule has 4 rings (SSSR count). The van der Waals surface area contributed by atoms with Gasteiger partial charge in [-0.1, -0.05) is 86.7 Å². The number of hydrogen-bond acceptors (Lipinski definition) is 8. The number of nitrogens with one attached hydrogen (secondary N) is 4. The lowest BCUT2D eigenvalue weighted by atomic mass is 9.94. The quantitative estimate of drug-likeness (QED) is 0.0624. The lowest BCUT2D eigenvalue weighted by molar-refractivity contribution is -0.141. The van der Waals surface area contributed by atoms with E-state index in [-0.39, 0.29) is 43.7 Å². The number of aromatic hydroxyl groups is 1. The second kappa shape index (κ2) is 23.2. The van der Waals surface area contributed by atoms with Crippen LogP contribution in [0.25, 0.3) is 0 Å². The number of rotatable bonds is 19. The zero-order chi connectivity index (χ0) is 44.5. The molecule has 0 unspecified atom stereocenters. The summed E-state index contributed by atoms with van der Waals surface area (Å²) >= 11 is 0. The van der Waals surface area contributed by atoms with Crippen molar-refractivity contribution >= 4 is 29.9 Å². The van der Waals surface area contributed by atoms with Crippen molar-refractivity contribution in [1.82, 2.24) is 26.2 Å². The van der Waals surface area contributed by atoms with Crippen LogP contribution in [-0.4, -0.2) is 76.7 Å². The summed E-state index contributed by atoms with van der Waals surface area (Å²) in [6, 6.07) is 20.0. The minimum Gasteiger partial charge on any atom is -0.508 e. The molecule has 1 heterocycles. The van der Waals surface area contributed by atoms with Crippen molar-refractivity contribution in [2.45, 2.75) is 124 Å². The van der Waals surface area contributed by atoms with Crippen LogP contribution in [0.5, 0.6) is 5.75 Å². The molecule has 3 aromatic carbocycles. The fourth-order valence-electron chi connectivity index (χ4n) is 7.40. The number of benzene rings is 3. The minimum absolute atomic E-state index is 0.115. The van der Waals surface area contributed by atoms with E-state index in [0.717, 1.165) is 27.8 Å². The third-order valence-corrected chi connectivity index (χ3v) is 10.4. The number of nitrogens with zero attached hydrogens (tertiary/aromatic N) is 1. The van der Waals surface area contributed by atoms with E-state index in [2.05, 4.69) is 35.1 Å². The average Bonchev–Trinajstić information content (AvgIpc) is 3.69. The van der Waals surface area contributed by atoms with Gasteiger partial charge in [-0.2, -0.15) is 0 Å². The van der Waals surface area contributed by atoms with Gasteiger partial charge in [-0.05, 0) is 119 Å². The number of carbonyl (C=O) groups is 5. The molecule has 330 valence electrons. The maximum atomic E-state index is 14.5. The summed E-state index contributed by atoms with van der Waals surface area (Å²) in [6.45, 7) is 14.1. The van der Waals surface area contributed by atoms with Gasteiger partial charge in [0.1, 0.15) is 30.0 Å². The maximum Gasteiger partial charge on any atom is 0.408 e. The van der Waals surface area contributed by atoms with Crippen LogP contribution in [0, 0.1) is 25.7 Å². The summed E-state index contributed by atoms with van der Waals surface area (Å²) in [6.07, 6.45) is 5.11. The highest BCUT2D eigenvalue weighted by Gasteiger charge is 2.38. The van der Waals surface area contributed by atoms with E-state index in [1.165, 1.54) is 0 Å². The number of phenols is 1. The SMILES string of the molecule is Cc1cc(O)cc(C)c1CNC(=O)[C@H](CCCNC(=O)OCc1ccccc1)NC(=O)[C@@H]1CCCN1C(=O)[C@H](/C=C/[C@H](CC(C)C)NC(=O)OC(C)(C)C)Cc1ccccc1. The smallest absolute Gasteiger partial charge is 0.408 e. The molecular weight excluding hydrogens is 775 g/mol. The van der Waals surface area contributed by atoms with Crippen molar-refractivity contribution in [3.63, 3.8) is 0 Å². The fraction of sp³-hybridized carbons (Fsp3) is 0.479. The topological polar surface area (TPSA) is 175 Å². The van der Waals surface area contributed by atoms with Crippen molar-refractivity contribution in [3.05, 3.63) is 113 Å². The first-order valence-electron chi connectivity index (χ1n) is 21.3. The van der Waals surface area contributed by atoms with E-state index < -0.39 is 53.6 Å². The third kappa shape index (κ3) is 16.3. The lowest BCUT2D eigenvalue weighted by Crippen LogP contribution is -2.54. The highest BCUT2D eigenvalue weighted by atomic mass is 16.6. The Hall–Kier alpha value is -5.85. The Morgan fingerprint density at radius 2 is 1.51 bits per heavy atom. The normalized spacial score (nSPS) is 15.5. The number of aryl methyl sites for hydroxylation is 2. The van der Waals surface area contributed by atoms with Crippen LogP contribution >= 0.6 is 0 Å². The van der Waals surface area contributed by atoms with Gasteiger partial charge >= 0.3 is 12.2 Å². The van der Waals surface area contributed by atoms with Gasteiger partial charge in [-0.3, -0.25) is 14.4 Å². The predicted octanol–water partition coefficient (Wildman–Crippen LogP) is 7.16. The van der Waals surface area contributed by atoms with Gasteiger partial charge in [-0.15, -0.1) is 0 Å². The Morgan fingerprint density at radius 3 is 2.13 bits per heavy atom. The van der Waals surface area contributed by atoms with E-state index in [0.29, 0.717) is 38.6 Å². The first kappa shape index (κ1) is 47.8. The van der Waals surface area contributed by atoms with E-state index in [9.17, 15) is 29.1 Å². The zero-order valence-electron chi connectivity index (χ0n) is 36.8. The van der Waals surface area contributed by atoms with Crippen molar-refractivity contribution in [2.24, 2.45) is 11.8 Å². The lowest BCUT2D eigenvalue weighted by Gasteiger charge is -2.29. The highest BCUT2D eigenvalue weighted by Crippen LogP contribution is 2.25. The number of amides is 5. The molecule has 5 amide bonds. The molecule has 0 aliphatic carbocycles. The highest BCUT2D eigenvalue weighted by molar-refractivity contribution is 5.93. The van der Waals surface area contributed by atoms with Crippen LogP contribution in [0.1, 0.15) is 94.5 Å². The Morgan fingerprint density at radius 1 is 0.869 bits per heavy atom. The molecule has 0 bridgehead atoms. The number of likely N-dealkylation sites (tertiary alicyclic amines) is 1. The molecule has 0 saturated carbocycles. The van der Waals surface area contributed by atoms with Crippen LogP contribution in [-0.2, 0) is 43.4 Å². The molecule has 13 heteroatoms. The number of carbonyl (C=O) groups excluding carboxylic acids is 5. The van der Waals surface area contributed by atoms with Crippen LogP contribution in [0.15, 0.2) is 84.9 Å². The molecule has 0 aromatic heterocycles. The molecule has 0 spiro atoms. The van der Waals surface area contributed by atoms with E-state index in [4.69, 9.17) is 9.47 Å². The molecule has 13 nitrogen and oxygen atoms in total. The molecule has 4 atom stereocenters. The molecule has 1 aliphatic rings. The summed E-state index contributed by atoms with van der Waals surface area (Å²) in [5, 5.41) is 21.6. The van der Waals surface area contributed by atoms with Gasteiger partial charge in [-0.25, -0.2) is 9.59 Å². The number of ether oxygens (including phenoxy) is 2. The summed E-state index contributed by atoms with van der Waals surface area (Å²) < 4.78 is 10.8. The monoisotopic (exact) mass is 839 g/mol. The van der Waals surface area contributed by atoms with Crippen molar-refractivity contribution in [3.8, 4) is 5.75 Å². The van der Waals surface area contributed by atoms with Crippen LogP contribution < -0.4 is 21.3 Å². The van der Waals surface area contributed by atoms with Gasteiger partial charge in [0.05, 0.1) is 12.0 Å². The van der Waals surface area contributed by atoms with Crippen LogP contribution in [0.3, 0.4) is 0 Å². The molecule has 3 aromatic rings. The Kier molecular flexibility index (Phi) is 18.2. The first-order valence-corrected chi connectivity index (χ1v) is 21.3. The van der Waals surface area contributed by atoms with Crippen LogP contribution in [0.2, 0.25) is 0 Å². The fourth-order valence-corrected chi connectivity index (χ4v) is 7.40. The first-order chi connectivity index (χ1) is 29.0. The molecule has 0 radical (unpaired) electrons. The van der Waals surface area contributed by atoms with Gasteiger partial charge in [0.15, 0.2) is 0 Å². The van der Waals surface area contributed by atoms with Gasteiger partial charge in [0, 0.05) is 19.6 Å². The number of hydrogen-bond donors (Lipinski definition) is 5. The summed E-state index contributed by atoms with van der Waals surface area (Å²) in [5.41, 5.74) is 3.59. The van der Waals surface area contributed by atoms with Crippen molar-refractivity contribution in [1.29, 1.82) is 0 Å². The van der Waals surface area contributed by atoms with E-state index in [1.807, 2.05) is 86.7 Å². The Labute approximate surface area is 361 Å². The molecule has 1 fully saturated rings. The molecular formula is C48H65N5O8. The predicted molar refractivity (Wildman–Crippen MR) is 235 cm³/mol. The summed E-state index contributed by atoms with van der Waals surface area (Å²) in [7, 11) is 0. The van der Waals surface area contributed by atoms with E-state index in [1.54, 1.807) is 37.8 Å². The standard InChI is InChI=1S/C48H65N5O8/c1-32(2)26-38(51-47(59)61-48(5,6)7)23-22-37(29-35-16-10-8-11-17-35)45(57)53-25-15-21-42(53)44(56)52-41(43(55)50-30-40-33(3)27-39(54)28-34(40)4)20-14-24-49-46(58)60-31-36-18-12-9-13-19-36/h8-13,16-19,22-23,27-28,32,37-38,41-42,54H,14-15,20-21,24-26,29-31H2,1-7H3,(H,49,58)(H,50,55)(H,51,59)(H,52,56)/b23-22+/t37-,38-,41+,42+/m1/s1. The van der Waals surface area contributed by atoms with Gasteiger partial charge in [0.25, 0.3) is 0 Å². The van der Waals surface area contributed by atoms with Gasteiger partial charge < -0.3 is 40.7 Å². The second-order valence-electron chi connectivity index (χ2n) is 17.2. The van der Waals surface area contributed by atoms with Gasteiger partial charge in [0.2, 0.25) is 17.7 Å². The largest absolute Gasteiger partial charge is 0.508 e. The summed E-state index contributed by atoms with van der Waals surface area (Å²) in [5.74, 6) is -1.35. The van der Waals surface area contributed by atoms with E-state index >= 15 is 0 Å². The Balaban J connectivity index is 1.49. The number of alkyl carbamates (subject to hydrolysis) is 2.